The van der Waals surface area contributed by atoms with Crippen molar-refractivity contribution >= 4 is 28.0 Å². The molecule has 400 valence electrons. The first kappa shape index (κ1) is 57.1. The Bertz CT molecular complexity index is 2650. The first-order valence-corrected chi connectivity index (χ1v) is 18.0. The van der Waals surface area contributed by atoms with Crippen molar-refractivity contribution in [3.8, 4) is 0 Å². The zero-order valence-corrected chi connectivity index (χ0v) is 35.2. The average molecular weight is 1150 g/mol. The molecule has 0 amide bonds. The van der Waals surface area contributed by atoms with Crippen LogP contribution < -0.4 is 51.4 Å². The summed E-state index contributed by atoms with van der Waals surface area (Å²) in [7, 11) is 0. The second-order valence-corrected chi connectivity index (χ2v) is 16.3. The van der Waals surface area contributed by atoms with E-state index in [1.54, 1.807) is 0 Å². The molecule has 4 aromatic rings. The minimum atomic E-state index is -8.83. The van der Waals surface area contributed by atoms with Crippen LogP contribution in [0.2, 0.25) is 0 Å². The molecule has 4 aromatic carbocycles. The fraction of sp³-hybridized carbons (Fsp3) is 0.333. The molecule has 74 heavy (non-hydrogen) atoms. The molecule has 0 unspecified atom stereocenters. The Labute approximate surface area is 400 Å². The molecule has 0 N–H and O–H groups in total. The predicted octanol–water partition coefficient (Wildman–Crippen LogP) is 8.09. The van der Waals surface area contributed by atoms with Gasteiger partial charge in [0.1, 0.15) is 52.7 Å². The van der Waals surface area contributed by atoms with Crippen LogP contribution in [0.1, 0.15) is 22.3 Å². The maximum Gasteiger partial charge on any atom is 1.00 e. The van der Waals surface area contributed by atoms with Crippen LogP contribution in [0.4, 0.5) is 158 Å². The van der Waals surface area contributed by atoms with Crippen LogP contribution in [-0.4, -0.2) is 53.5 Å². The first-order valence-electron chi connectivity index (χ1n) is 18.0. The smallest absolute Gasteiger partial charge is 0.224 e. The molecule has 0 spiro atoms. The summed E-state index contributed by atoms with van der Waals surface area (Å²) in [4.78, 5) is 0. The van der Waals surface area contributed by atoms with Crippen molar-refractivity contribution in [2.75, 3.05) is 0 Å². The number of benzene rings is 4. The second-order valence-electron chi connectivity index (χ2n) is 16.3. The van der Waals surface area contributed by atoms with Crippen LogP contribution in [0.25, 0.3) is 0 Å². The topological polar surface area (TPSA) is 0 Å². The summed E-state index contributed by atoms with van der Waals surface area (Å²) in [6.07, 6.45) is -8.83. The van der Waals surface area contributed by atoms with Gasteiger partial charge in [0.2, 0.25) is 0 Å². The van der Waals surface area contributed by atoms with Crippen LogP contribution >= 0.6 is 0 Å². The van der Waals surface area contributed by atoms with Gasteiger partial charge in [-0.2, -0.15) is 70.2 Å². The van der Waals surface area contributed by atoms with E-state index in [0.29, 0.717) is 0 Å². The van der Waals surface area contributed by atoms with Crippen molar-refractivity contribution in [1.29, 1.82) is 0 Å². The summed E-state index contributed by atoms with van der Waals surface area (Å²) in [5, 5.41) is 0. The molecule has 0 aliphatic heterocycles. The Morgan fingerprint density at radius 3 is 0.351 bits per heavy atom. The Kier molecular flexibility index (Phi) is 11.4. The summed E-state index contributed by atoms with van der Waals surface area (Å²) in [6, 6.07) is 0. The standard InChI is InChI=1S/C36BF36.Na/c38-9-1(25(54)29(58,59)30(25,60)61)10(39)18(47)5(17(9)46)37(6-19(48)11(40)2(12(41)20(6)49)26(55)31(62,63)32(26,64)65,7-21(50)13(42)3(14(43)22(7)51)27(56)33(66,67)34(27,68)69)8-23(52)15(44)4(16(45)24(8)53)28(57)35(70,71)36(28,72)73;/q-1;+1. The maximum absolute atomic E-state index is 16.7. The van der Waals surface area contributed by atoms with Crippen LogP contribution in [0.3, 0.4) is 0 Å². The Morgan fingerprint density at radius 1 is 0.176 bits per heavy atom. The zero-order valence-electron chi connectivity index (χ0n) is 33.2. The number of rotatable bonds is 8. The van der Waals surface area contributed by atoms with E-state index >= 15 is 87.8 Å². The molecule has 0 nitrogen and oxygen atoms in total. The van der Waals surface area contributed by atoms with Crippen molar-refractivity contribution in [3.63, 3.8) is 0 Å². The van der Waals surface area contributed by atoms with E-state index in [1.807, 2.05) is 0 Å². The van der Waals surface area contributed by atoms with Gasteiger partial charge in [-0.05, 0) is 0 Å². The number of alkyl halides is 20. The summed E-state index contributed by atoms with van der Waals surface area (Å²) in [5.41, 5.74) is -63.2. The van der Waals surface area contributed by atoms with Crippen molar-refractivity contribution in [2.24, 2.45) is 0 Å². The van der Waals surface area contributed by atoms with Gasteiger partial charge in [-0.3, -0.25) is 0 Å². The largest absolute Gasteiger partial charge is 1.00 e. The van der Waals surface area contributed by atoms with E-state index in [0.717, 1.165) is 0 Å². The SMILES string of the molecule is Fc1c(F)c(C2(F)C(F)(F)C2(F)F)c(F)c(F)c1[B-](c1c(F)c(F)c(C2(F)C(F)(F)C2(F)F)c(F)c1F)(c1c(F)c(F)c(C2(F)C(F)(F)C2(F)F)c(F)c1F)c1c(F)c(F)c(C2(F)C(F)(F)C2(F)F)c(F)c1F.[Na+]. The minimum Gasteiger partial charge on any atom is -0.224 e. The third kappa shape index (κ3) is 5.19. The van der Waals surface area contributed by atoms with E-state index in [4.69, 9.17) is 0 Å². The number of hydrogen-bond acceptors (Lipinski definition) is 0. The fourth-order valence-corrected chi connectivity index (χ4v) is 8.99. The average Bonchev–Trinajstić information content (AvgIpc) is 3.99. The van der Waals surface area contributed by atoms with E-state index in [2.05, 4.69) is 0 Å². The molecule has 4 aliphatic rings. The summed E-state index contributed by atoms with van der Waals surface area (Å²) >= 11 is 0. The maximum atomic E-state index is 16.7. The van der Waals surface area contributed by atoms with Gasteiger partial charge in [-0.15, -0.1) is 21.9 Å². The monoisotopic (exact) mass is 1150 g/mol. The molecule has 0 atom stereocenters. The van der Waals surface area contributed by atoms with Crippen LogP contribution in [-0.2, 0) is 22.7 Å². The molecular weight excluding hydrogens is 1150 g/mol. The van der Waals surface area contributed by atoms with Crippen molar-refractivity contribution in [1.82, 2.24) is 0 Å². The molecule has 4 saturated carbocycles. The van der Waals surface area contributed by atoms with E-state index in [1.165, 1.54) is 0 Å². The Hall–Kier alpha value is -4.58. The quantitative estimate of drug-likeness (QED) is 0.0953. The molecule has 0 radical (unpaired) electrons. The van der Waals surface area contributed by atoms with Gasteiger partial charge >= 0.3 is 76.9 Å². The minimum absolute atomic E-state index is 0. The van der Waals surface area contributed by atoms with Crippen LogP contribution in [0.5, 0.6) is 0 Å². The van der Waals surface area contributed by atoms with Crippen LogP contribution in [0, 0.1) is 93.1 Å². The second kappa shape index (κ2) is 14.7. The van der Waals surface area contributed by atoms with Crippen molar-refractivity contribution in [2.45, 2.75) is 70.1 Å². The van der Waals surface area contributed by atoms with E-state index in [-0.39, 0.29) is 29.6 Å². The van der Waals surface area contributed by atoms with Gasteiger partial charge in [0.05, 0.1) is 22.3 Å². The summed E-state index contributed by atoms with van der Waals surface area (Å²) in [5.74, 6) is -131. The number of hydrogen-bond donors (Lipinski definition) is 0. The summed E-state index contributed by atoms with van der Waals surface area (Å²) in [6.45, 7) is 0. The molecule has 8 rings (SSSR count). The molecule has 4 fully saturated rings. The van der Waals surface area contributed by atoms with Crippen molar-refractivity contribution in [3.05, 3.63) is 115 Å². The molecule has 38 heteroatoms. The summed E-state index contributed by atoms with van der Waals surface area (Å²) < 4.78 is 547. The van der Waals surface area contributed by atoms with Crippen LogP contribution in [0.15, 0.2) is 0 Å². The third-order valence-electron chi connectivity index (χ3n) is 13.1. The molecule has 4 aliphatic carbocycles. The zero-order chi connectivity index (χ0) is 56.4. The first-order chi connectivity index (χ1) is 32.5. The molecular formula is C36BF36Na. The molecule has 0 aromatic heterocycles. The normalized spacial score (nSPS) is 23.5. The van der Waals surface area contributed by atoms with Gasteiger partial charge in [0, 0.05) is 0 Å². The molecule has 0 bridgehead atoms. The van der Waals surface area contributed by atoms with Gasteiger partial charge in [0.25, 0.3) is 22.7 Å². The van der Waals surface area contributed by atoms with Gasteiger partial charge < -0.3 is 0 Å². The fourth-order valence-electron chi connectivity index (χ4n) is 8.99. The van der Waals surface area contributed by atoms with E-state index in [9.17, 15) is 70.2 Å². The van der Waals surface area contributed by atoms with Gasteiger partial charge in [0.15, 0.2) is 46.5 Å². The van der Waals surface area contributed by atoms with Crippen molar-refractivity contribution < 1.29 is 188 Å². The Morgan fingerprint density at radius 2 is 0.270 bits per heavy atom. The molecule has 0 saturated heterocycles. The Balaban J connectivity index is 0.00000800. The third-order valence-corrected chi connectivity index (χ3v) is 13.1. The van der Waals surface area contributed by atoms with E-state index < -0.39 is 213 Å². The predicted molar refractivity (Wildman–Crippen MR) is 160 cm³/mol. The molecule has 0 heterocycles. The number of halogens is 36. The van der Waals surface area contributed by atoms with Gasteiger partial charge in [-0.25, -0.2) is 87.8 Å². The van der Waals surface area contributed by atoms with Gasteiger partial charge in [-0.1, -0.05) is 0 Å².